The fraction of sp³-hybridized carbons (Fsp3) is 0.0492. The fourth-order valence-corrected chi connectivity index (χ4v) is 11.6. The van der Waals surface area contributed by atoms with Crippen LogP contribution < -0.4 is 0 Å². The molecule has 3 heteroatoms. The van der Waals surface area contributed by atoms with Gasteiger partial charge in [-0.25, -0.2) is 0 Å². The van der Waals surface area contributed by atoms with E-state index >= 15 is 0 Å². The Morgan fingerprint density at radius 2 is 1.02 bits per heavy atom. The van der Waals surface area contributed by atoms with Gasteiger partial charge in [0.05, 0.1) is 22.0 Å². The largest absolute Gasteiger partial charge is 0.456 e. The number of nitrogens with zero attached hydrogens (tertiary/aromatic N) is 2. The van der Waals surface area contributed by atoms with Crippen molar-refractivity contribution in [3.63, 3.8) is 0 Å². The summed E-state index contributed by atoms with van der Waals surface area (Å²) < 4.78 is 11.4. The third-order valence-electron chi connectivity index (χ3n) is 14.3. The van der Waals surface area contributed by atoms with Gasteiger partial charge in [-0.05, 0) is 136 Å². The topological polar surface area (TPSA) is 23.0 Å². The Morgan fingerprint density at radius 3 is 1.83 bits per heavy atom. The van der Waals surface area contributed by atoms with Crippen LogP contribution in [0.5, 0.6) is 0 Å². The number of hydrogen-bond acceptors (Lipinski definition) is 1. The molecule has 0 fully saturated rings. The lowest BCUT2D eigenvalue weighted by molar-refractivity contribution is 0.669. The van der Waals surface area contributed by atoms with Crippen molar-refractivity contribution in [2.24, 2.45) is 0 Å². The van der Waals surface area contributed by atoms with Crippen LogP contribution in [0.1, 0.15) is 39.9 Å². The SMILES string of the molecule is C1=Cc2c(c3ccccc3n2-c2cccc(C3(c4ccccc4)c4ccccc4-c4cc(-c5ccc6oc7ccc(-n8c9ccccc9c9ccccc98)cc7c6c5)ccc43)c2)CC1. The minimum atomic E-state index is -0.533. The first-order valence-electron chi connectivity index (χ1n) is 22.4. The van der Waals surface area contributed by atoms with Crippen molar-refractivity contribution in [2.75, 3.05) is 0 Å². The predicted molar refractivity (Wildman–Crippen MR) is 265 cm³/mol. The van der Waals surface area contributed by atoms with Gasteiger partial charge in [-0.1, -0.05) is 146 Å². The highest BCUT2D eigenvalue weighted by Crippen LogP contribution is 2.57. The van der Waals surface area contributed by atoms with Crippen LogP contribution >= 0.6 is 0 Å². The van der Waals surface area contributed by atoms with E-state index < -0.39 is 5.41 Å². The molecular weight excluding hydrogens is 777 g/mol. The molecule has 9 aromatic carbocycles. The minimum Gasteiger partial charge on any atom is -0.456 e. The van der Waals surface area contributed by atoms with Crippen molar-refractivity contribution in [3.8, 4) is 33.6 Å². The predicted octanol–water partition coefficient (Wildman–Crippen LogP) is 15.6. The molecule has 1 unspecified atom stereocenters. The maximum Gasteiger partial charge on any atom is 0.135 e. The van der Waals surface area contributed by atoms with Crippen molar-refractivity contribution < 1.29 is 4.42 Å². The number of rotatable bonds is 5. The molecule has 300 valence electrons. The van der Waals surface area contributed by atoms with Gasteiger partial charge in [-0.15, -0.1) is 0 Å². The molecule has 0 N–H and O–H groups in total. The van der Waals surface area contributed by atoms with E-state index in [1.165, 1.54) is 88.6 Å². The molecule has 1 atom stereocenters. The second kappa shape index (κ2) is 13.4. The smallest absolute Gasteiger partial charge is 0.135 e. The highest BCUT2D eigenvalue weighted by molar-refractivity contribution is 6.11. The maximum atomic E-state index is 6.51. The number of allylic oxidation sites excluding steroid dienone is 1. The van der Waals surface area contributed by atoms with Crippen molar-refractivity contribution in [1.29, 1.82) is 0 Å². The minimum absolute atomic E-state index is 0.533. The molecule has 2 aliphatic rings. The van der Waals surface area contributed by atoms with Crippen LogP contribution in [0.2, 0.25) is 0 Å². The summed E-state index contributed by atoms with van der Waals surface area (Å²) in [6.45, 7) is 0. The maximum absolute atomic E-state index is 6.51. The number of fused-ring (bicyclic) bond motifs is 12. The first-order valence-corrected chi connectivity index (χ1v) is 22.4. The molecular formula is C61H40N2O. The Morgan fingerprint density at radius 1 is 0.406 bits per heavy atom. The number of para-hydroxylation sites is 3. The van der Waals surface area contributed by atoms with E-state index in [1.54, 1.807) is 0 Å². The molecule has 0 saturated carbocycles. The van der Waals surface area contributed by atoms with Gasteiger partial charge in [0.1, 0.15) is 11.2 Å². The highest BCUT2D eigenvalue weighted by Gasteiger charge is 2.46. The van der Waals surface area contributed by atoms with E-state index in [1.807, 2.05) is 0 Å². The summed E-state index contributed by atoms with van der Waals surface area (Å²) in [4.78, 5) is 0. The molecule has 3 nitrogen and oxygen atoms in total. The molecule has 0 spiro atoms. The van der Waals surface area contributed by atoms with Gasteiger partial charge in [0.25, 0.3) is 0 Å². The lowest BCUT2D eigenvalue weighted by Crippen LogP contribution is -2.28. The van der Waals surface area contributed by atoms with E-state index in [9.17, 15) is 0 Å². The second-order valence-electron chi connectivity index (χ2n) is 17.5. The monoisotopic (exact) mass is 816 g/mol. The van der Waals surface area contributed by atoms with Crippen LogP contribution in [0.15, 0.2) is 217 Å². The second-order valence-corrected chi connectivity index (χ2v) is 17.5. The number of hydrogen-bond donors (Lipinski definition) is 0. The van der Waals surface area contributed by atoms with E-state index in [0.29, 0.717) is 0 Å². The molecule has 64 heavy (non-hydrogen) atoms. The van der Waals surface area contributed by atoms with Crippen LogP contribution in [0.4, 0.5) is 0 Å². The molecule has 0 amide bonds. The lowest BCUT2D eigenvalue weighted by atomic mass is 9.67. The quantitative estimate of drug-likeness (QED) is 0.170. The average molecular weight is 817 g/mol. The zero-order valence-electron chi connectivity index (χ0n) is 35.0. The molecule has 2 aliphatic carbocycles. The Balaban J connectivity index is 0.945. The van der Waals surface area contributed by atoms with E-state index in [2.05, 4.69) is 228 Å². The normalized spacial score (nSPS) is 15.4. The summed E-state index contributed by atoms with van der Waals surface area (Å²) in [6, 6.07) is 76.3. The summed E-state index contributed by atoms with van der Waals surface area (Å²) in [5.41, 5.74) is 19.9. The van der Waals surface area contributed by atoms with Gasteiger partial charge in [0.2, 0.25) is 0 Å². The standard InChI is InChI=1S/C61H40N2O/c1-2-15-41(16-3-1)61(42-17-14-18-43(37-42)62-55-25-10-5-20-46(55)47-21-6-11-26-56(47)62)53-24-9-4-19-45(53)50-35-39(29-32-54(50)61)40-30-33-59-51(36-40)52-38-44(31-34-60(52)64-59)63-57-27-12-7-22-48(57)49-23-8-13-28-58(49)63/h1-5,7-20,22-38H,6,21H2. The van der Waals surface area contributed by atoms with Gasteiger partial charge in [0.15, 0.2) is 0 Å². The summed E-state index contributed by atoms with van der Waals surface area (Å²) in [6.07, 6.45) is 6.79. The van der Waals surface area contributed by atoms with Crippen molar-refractivity contribution in [2.45, 2.75) is 18.3 Å². The molecule has 12 aromatic rings. The van der Waals surface area contributed by atoms with Crippen LogP contribution in [0.25, 0.3) is 94.4 Å². The summed E-state index contributed by atoms with van der Waals surface area (Å²) >= 11 is 0. The van der Waals surface area contributed by atoms with Gasteiger partial charge < -0.3 is 13.6 Å². The molecule has 0 bridgehead atoms. The van der Waals surface area contributed by atoms with Crippen molar-refractivity contribution in [1.82, 2.24) is 9.13 Å². The van der Waals surface area contributed by atoms with Crippen LogP contribution in [0, 0.1) is 0 Å². The average Bonchev–Trinajstić information content (AvgIpc) is 4.09. The third-order valence-corrected chi connectivity index (χ3v) is 14.3. The first-order chi connectivity index (χ1) is 31.7. The van der Waals surface area contributed by atoms with E-state index in [-0.39, 0.29) is 0 Å². The van der Waals surface area contributed by atoms with Gasteiger partial charge in [-0.3, -0.25) is 0 Å². The van der Waals surface area contributed by atoms with Gasteiger partial charge in [0, 0.05) is 44.0 Å². The Hall–Kier alpha value is -8.14. The van der Waals surface area contributed by atoms with E-state index in [4.69, 9.17) is 4.42 Å². The summed E-state index contributed by atoms with van der Waals surface area (Å²) in [7, 11) is 0. The van der Waals surface area contributed by atoms with Gasteiger partial charge >= 0.3 is 0 Å². The van der Waals surface area contributed by atoms with E-state index in [0.717, 1.165) is 46.0 Å². The number of aryl methyl sites for hydroxylation is 1. The fourth-order valence-electron chi connectivity index (χ4n) is 11.6. The molecule has 0 aliphatic heterocycles. The molecule has 3 heterocycles. The highest BCUT2D eigenvalue weighted by atomic mass is 16.3. The zero-order chi connectivity index (χ0) is 41.9. The number of benzene rings is 9. The number of furan rings is 1. The Kier molecular flexibility index (Phi) is 7.44. The van der Waals surface area contributed by atoms with Crippen LogP contribution in [-0.4, -0.2) is 9.13 Å². The first kappa shape index (κ1) is 35.5. The molecule has 3 aromatic heterocycles. The van der Waals surface area contributed by atoms with Crippen molar-refractivity contribution >= 4 is 60.7 Å². The third kappa shape index (κ3) is 4.87. The Labute approximate surface area is 370 Å². The zero-order valence-corrected chi connectivity index (χ0v) is 35.0. The Bertz CT molecular complexity index is 3860. The van der Waals surface area contributed by atoms with Gasteiger partial charge in [-0.2, -0.15) is 0 Å². The molecule has 0 saturated heterocycles. The van der Waals surface area contributed by atoms with Crippen LogP contribution in [-0.2, 0) is 11.8 Å². The van der Waals surface area contributed by atoms with Crippen molar-refractivity contribution in [3.05, 3.63) is 246 Å². The summed E-state index contributed by atoms with van der Waals surface area (Å²) in [5, 5.41) is 6.08. The molecule has 0 radical (unpaired) electrons. The van der Waals surface area contributed by atoms with Crippen LogP contribution in [0.3, 0.4) is 0 Å². The number of aromatic nitrogens is 2. The molecule has 14 rings (SSSR count). The summed E-state index contributed by atoms with van der Waals surface area (Å²) in [5.74, 6) is 0. The lowest BCUT2D eigenvalue weighted by Gasteiger charge is -2.34.